The summed E-state index contributed by atoms with van der Waals surface area (Å²) >= 11 is 0. The summed E-state index contributed by atoms with van der Waals surface area (Å²) in [5.41, 5.74) is 0. The standard InChI is InChI=1S/C12H22N2O3S/c1-2-13-12(15)9-10-5-3-4-8-14(10)18(16,17)11-6-7-11/h10-11H,2-9H2,1H3,(H,13,15)/t10-/m0/s1. The number of carbonyl (C=O) groups excluding carboxylic acids is 1. The average molecular weight is 274 g/mol. The number of sulfonamides is 1. The van der Waals surface area contributed by atoms with Crippen molar-refractivity contribution in [3.05, 3.63) is 0 Å². The van der Waals surface area contributed by atoms with Gasteiger partial charge in [0.1, 0.15) is 0 Å². The van der Waals surface area contributed by atoms with Gasteiger partial charge in [0.25, 0.3) is 0 Å². The normalized spacial score (nSPS) is 25.9. The summed E-state index contributed by atoms with van der Waals surface area (Å²) in [6.07, 6.45) is 4.61. The number of nitrogens with zero attached hydrogens (tertiary/aromatic N) is 1. The Morgan fingerprint density at radius 2 is 2.00 bits per heavy atom. The second-order valence-electron chi connectivity index (χ2n) is 5.16. The Hall–Kier alpha value is -0.620. The fourth-order valence-electron chi connectivity index (χ4n) is 2.55. The van der Waals surface area contributed by atoms with E-state index in [2.05, 4.69) is 5.32 Å². The Kier molecular flexibility index (Phi) is 4.27. The number of hydrogen-bond donors (Lipinski definition) is 1. The van der Waals surface area contributed by atoms with Gasteiger partial charge in [0.2, 0.25) is 15.9 Å². The van der Waals surface area contributed by atoms with Crippen LogP contribution in [-0.4, -0.2) is 43.0 Å². The van der Waals surface area contributed by atoms with E-state index in [1.165, 1.54) is 0 Å². The maximum Gasteiger partial charge on any atom is 0.221 e. The quantitative estimate of drug-likeness (QED) is 0.808. The Balaban J connectivity index is 2.04. The Morgan fingerprint density at radius 1 is 1.28 bits per heavy atom. The van der Waals surface area contributed by atoms with E-state index >= 15 is 0 Å². The smallest absolute Gasteiger partial charge is 0.221 e. The number of piperidine rings is 1. The van der Waals surface area contributed by atoms with Crippen molar-refractivity contribution in [1.29, 1.82) is 0 Å². The number of carbonyl (C=O) groups is 1. The van der Waals surface area contributed by atoms with E-state index in [9.17, 15) is 13.2 Å². The molecule has 1 aliphatic heterocycles. The molecule has 2 fully saturated rings. The molecule has 1 atom stereocenters. The first-order valence-corrected chi connectivity index (χ1v) is 8.33. The van der Waals surface area contributed by atoms with Crippen molar-refractivity contribution in [2.75, 3.05) is 13.1 Å². The fraction of sp³-hybridized carbons (Fsp3) is 0.917. The third-order valence-corrected chi connectivity index (χ3v) is 6.09. The predicted molar refractivity (Wildman–Crippen MR) is 69.6 cm³/mol. The van der Waals surface area contributed by atoms with Crippen molar-refractivity contribution in [2.45, 2.75) is 56.7 Å². The molecular formula is C12H22N2O3S. The molecule has 18 heavy (non-hydrogen) atoms. The van der Waals surface area contributed by atoms with Crippen LogP contribution < -0.4 is 5.32 Å². The molecule has 0 aromatic rings. The van der Waals surface area contributed by atoms with E-state index in [0.29, 0.717) is 19.5 Å². The van der Waals surface area contributed by atoms with Gasteiger partial charge in [-0.05, 0) is 32.6 Å². The van der Waals surface area contributed by atoms with Crippen LogP contribution in [0.4, 0.5) is 0 Å². The van der Waals surface area contributed by atoms with E-state index in [1.807, 2.05) is 6.92 Å². The van der Waals surface area contributed by atoms with E-state index in [-0.39, 0.29) is 17.2 Å². The summed E-state index contributed by atoms with van der Waals surface area (Å²) in [4.78, 5) is 11.6. The predicted octanol–water partition coefficient (Wildman–Crippen LogP) is 0.859. The Morgan fingerprint density at radius 3 is 2.61 bits per heavy atom. The van der Waals surface area contributed by atoms with Gasteiger partial charge in [0, 0.05) is 25.6 Å². The average Bonchev–Trinajstić information content (AvgIpc) is 3.13. The molecule has 1 heterocycles. The summed E-state index contributed by atoms with van der Waals surface area (Å²) in [6, 6.07) is -0.129. The van der Waals surface area contributed by atoms with Crippen LogP contribution >= 0.6 is 0 Å². The van der Waals surface area contributed by atoms with E-state index in [0.717, 1.165) is 32.1 Å². The molecule has 0 bridgehead atoms. The monoisotopic (exact) mass is 274 g/mol. The zero-order valence-corrected chi connectivity index (χ0v) is 11.7. The lowest BCUT2D eigenvalue weighted by molar-refractivity contribution is -0.122. The van der Waals surface area contributed by atoms with Crippen molar-refractivity contribution in [2.24, 2.45) is 0 Å². The summed E-state index contributed by atoms with van der Waals surface area (Å²) < 4.78 is 26.2. The first kappa shape index (κ1) is 13.8. The third kappa shape index (κ3) is 3.03. The van der Waals surface area contributed by atoms with Gasteiger partial charge in [-0.25, -0.2) is 8.42 Å². The third-order valence-electron chi connectivity index (χ3n) is 3.64. The molecule has 1 amide bonds. The molecule has 1 saturated carbocycles. The molecule has 2 aliphatic rings. The van der Waals surface area contributed by atoms with Crippen LogP contribution in [-0.2, 0) is 14.8 Å². The van der Waals surface area contributed by atoms with Crippen LogP contribution in [0.25, 0.3) is 0 Å². The zero-order chi connectivity index (χ0) is 13.2. The molecular weight excluding hydrogens is 252 g/mol. The summed E-state index contributed by atoms with van der Waals surface area (Å²) in [7, 11) is -3.15. The molecule has 1 aliphatic carbocycles. The van der Waals surface area contributed by atoms with Crippen LogP contribution in [0.2, 0.25) is 0 Å². The molecule has 1 N–H and O–H groups in total. The highest BCUT2D eigenvalue weighted by Gasteiger charge is 2.43. The SMILES string of the molecule is CCNC(=O)C[C@@H]1CCCCN1S(=O)(=O)C1CC1. The number of amides is 1. The maximum absolute atomic E-state index is 12.3. The lowest BCUT2D eigenvalue weighted by Crippen LogP contribution is -2.47. The molecule has 0 aromatic carbocycles. The highest BCUT2D eigenvalue weighted by molar-refractivity contribution is 7.90. The van der Waals surface area contributed by atoms with Gasteiger partial charge in [0.05, 0.1) is 5.25 Å². The molecule has 104 valence electrons. The van der Waals surface area contributed by atoms with Crippen molar-refractivity contribution < 1.29 is 13.2 Å². The summed E-state index contributed by atoms with van der Waals surface area (Å²) in [6.45, 7) is 3.06. The maximum atomic E-state index is 12.3. The lowest BCUT2D eigenvalue weighted by atomic mass is 10.0. The lowest BCUT2D eigenvalue weighted by Gasteiger charge is -2.34. The van der Waals surface area contributed by atoms with E-state index in [1.54, 1.807) is 4.31 Å². The van der Waals surface area contributed by atoms with Crippen molar-refractivity contribution in [1.82, 2.24) is 9.62 Å². The molecule has 0 spiro atoms. The Bertz CT molecular complexity index is 404. The molecule has 1 saturated heterocycles. The highest BCUT2D eigenvalue weighted by atomic mass is 32.2. The highest BCUT2D eigenvalue weighted by Crippen LogP contribution is 2.34. The topological polar surface area (TPSA) is 66.5 Å². The molecule has 6 heteroatoms. The van der Waals surface area contributed by atoms with Crippen molar-refractivity contribution >= 4 is 15.9 Å². The van der Waals surface area contributed by atoms with Gasteiger partial charge in [0.15, 0.2) is 0 Å². The van der Waals surface area contributed by atoms with Crippen LogP contribution in [0.15, 0.2) is 0 Å². The van der Waals surface area contributed by atoms with Gasteiger partial charge in [-0.2, -0.15) is 4.31 Å². The number of nitrogens with one attached hydrogen (secondary N) is 1. The summed E-state index contributed by atoms with van der Waals surface area (Å²) in [5, 5.41) is 2.58. The molecule has 0 aromatic heterocycles. The molecule has 0 unspecified atom stereocenters. The van der Waals surface area contributed by atoms with Gasteiger partial charge in [-0.1, -0.05) is 6.42 Å². The van der Waals surface area contributed by atoms with E-state index < -0.39 is 10.0 Å². The van der Waals surface area contributed by atoms with E-state index in [4.69, 9.17) is 0 Å². The first-order chi connectivity index (χ1) is 8.55. The molecule has 2 rings (SSSR count). The Labute approximate surface area is 109 Å². The molecule has 5 nitrogen and oxygen atoms in total. The second-order valence-corrected chi connectivity index (χ2v) is 7.33. The number of rotatable bonds is 5. The minimum atomic E-state index is -3.15. The second kappa shape index (κ2) is 5.57. The van der Waals surface area contributed by atoms with Crippen LogP contribution in [0.5, 0.6) is 0 Å². The fourth-order valence-corrected chi connectivity index (χ4v) is 4.65. The first-order valence-electron chi connectivity index (χ1n) is 6.83. The largest absolute Gasteiger partial charge is 0.356 e. The minimum Gasteiger partial charge on any atom is -0.356 e. The minimum absolute atomic E-state index is 0.0413. The zero-order valence-electron chi connectivity index (χ0n) is 10.9. The summed E-state index contributed by atoms with van der Waals surface area (Å²) in [5.74, 6) is -0.0413. The van der Waals surface area contributed by atoms with Gasteiger partial charge in [-0.3, -0.25) is 4.79 Å². The van der Waals surface area contributed by atoms with Crippen LogP contribution in [0.1, 0.15) is 45.4 Å². The van der Waals surface area contributed by atoms with Gasteiger partial charge in [-0.15, -0.1) is 0 Å². The molecule has 0 radical (unpaired) electrons. The van der Waals surface area contributed by atoms with Crippen LogP contribution in [0, 0.1) is 0 Å². The number of hydrogen-bond acceptors (Lipinski definition) is 3. The van der Waals surface area contributed by atoms with Crippen molar-refractivity contribution in [3.8, 4) is 0 Å². The van der Waals surface area contributed by atoms with Crippen LogP contribution in [0.3, 0.4) is 0 Å². The van der Waals surface area contributed by atoms with Crippen molar-refractivity contribution in [3.63, 3.8) is 0 Å². The van der Waals surface area contributed by atoms with Gasteiger partial charge < -0.3 is 5.32 Å². The van der Waals surface area contributed by atoms with Gasteiger partial charge >= 0.3 is 0 Å².